The van der Waals surface area contributed by atoms with E-state index in [2.05, 4.69) is 26.3 Å². The Labute approximate surface area is 433 Å². The Morgan fingerprint density at radius 3 is 0.809 bits per heavy atom. The maximum atomic E-state index is 11.1. The molecule has 16 nitrogen and oxygen atoms in total. The standard InChI is InChI=1S/C16H28O8Si.C14H24O8Si.20CH4/c1-13(2)15(17)22-8-6-19-10-21-12-25(5)24-11-20-7-9-23-16(18)14(3)4;1-4-13(15)20-8-6-17-10-19-12-23(3)22-11-18-7-9-21-14(16)5-2;;;;;;;;;;;;;;;;;;;;/h25H,1,3,6-12H2,2,4-5H3;4-5,23H,1-2,6-12H2,3H3;20*1H4. The molecule has 0 N–H and O–H groups in total. The summed E-state index contributed by atoms with van der Waals surface area (Å²) < 4.78 is 61.3. The predicted octanol–water partition coefficient (Wildman–Crippen LogP) is 14.1. The van der Waals surface area contributed by atoms with Gasteiger partial charge in [-0.1, -0.05) is 175 Å². The molecule has 0 rings (SSSR count). The van der Waals surface area contributed by atoms with Crippen LogP contribution in [-0.2, 0) is 75.4 Å². The molecule has 0 aromatic carbocycles. The van der Waals surface area contributed by atoms with Crippen LogP contribution in [0.5, 0.6) is 0 Å². The minimum atomic E-state index is -1.52. The molecule has 0 spiro atoms. The molecular weight excluding hydrogens is 913 g/mol. The summed E-state index contributed by atoms with van der Waals surface area (Å²) in [5.74, 6) is -1.84. The second kappa shape index (κ2) is 106. The number of carbonyl (C=O) groups is 4. The second-order valence-corrected chi connectivity index (χ2v) is 14.0. The SMILES string of the molecule is C.C.C.C.C.C.C.C.C.C.C.C.C.C.C.C.C.C.C.C.C=C(C)C(=O)OCCOCOC[SiH](C)OCOCCOC(=O)C(=C)C.C=CC(=O)OCCOCOC[SiH](C)OCOCCOC(=O)C=C. The number of hydrogen-bond acceptors (Lipinski definition) is 16. The van der Waals surface area contributed by atoms with Crippen LogP contribution in [0.1, 0.15) is 162 Å². The van der Waals surface area contributed by atoms with Crippen molar-refractivity contribution >= 4 is 42.0 Å². The van der Waals surface area contributed by atoms with Gasteiger partial charge in [0.1, 0.15) is 53.6 Å². The number of rotatable bonds is 30. The van der Waals surface area contributed by atoms with Crippen molar-refractivity contribution in [3.8, 4) is 0 Å². The van der Waals surface area contributed by atoms with E-state index in [1.165, 1.54) is 0 Å². The summed E-state index contributed by atoms with van der Waals surface area (Å²) in [5, 5.41) is 0. The molecule has 0 aromatic heterocycles. The van der Waals surface area contributed by atoms with Gasteiger partial charge in [-0.15, -0.1) is 0 Å². The van der Waals surface area contributed by atoms with Crippen LogP contribution in [0.15, 0.2) is 49.6 Å². The topological polar surface area (TPSA) is 179 Å². The molecule has 0 heterocycles. The van der Waals surface area contributed by atoms with Gasteiger partial charge in [0.15, 0.2) is 0 Å². The van der Waals surface area contributed by atoms with Gasteiger partial charge >= 0.3 is 23.9 Å². The molecule has 0 aliphatic heterocycles. The quantitative estimate of drug-likeness (QED) is 0.0165. The van der Waals surface area contributed by atoms with Crippen molar-refractivity contribution in [2.45, 2.75) is 175 Å². The van der Waals surface area contributed by atoms with Crippen molar-refractivity contribution in [3.05, 3.63) is 49.6 Å². The lowest BCUT2D eigenvalue weighted by Gasteiger charge is -2.13. The third-order valence-electron chi connectivity index (χ3n) is 4.81. The number of ether oxygens (including phenoxy) is 10. The summed E-state index contributed by atoms with van der Waals surface area (Å²) >= 11 is 0. The summed E-state index contributed by atoms with van der Waals surface area (Å²) in [6.07, 6.45) is 3.10. The van der Waals surface area contributed by atoms with Crippen LogP contribution < -0.4 is 0 Å². The average Bonchev–Trinajstić information content (AvgIpc) is 3.06. The molecule has 0 aromatic rings. The highest BCUT2D eigenvalue weighted by Gasteiger charge is 2.08. The molecule has 18 heteroatoms. The van der Waals surface area contributed by atoms with Gasteiger partial charge in [0.05, 0.1) is 38.9 Å². The highest BCUT2D eigenvalue weighted by molar-refractivity contribution is 6.50. The smallest absolute Gasteiger partial charge is 0.333 e. The fourth-order valence-corrected chi connectivity index (χ4v) is 4.07. The summed E-state index contributed by atoms with van der Waals surface area (Å²) in [6.45, 7) is 22.7. The summed E-state index contributed by atoms with van der Waals surface area (Å²) in [4.78, 5) is 43.7. The molecule has 0 bridgehead atoms. The van der Waals surface area contributed by atoms with E-state index in [-0.39, 0.29) is 229 Å². The van der Waals surface area contributed by atoms with Gasteiger partial charge in [-0.3, -0.25) is 0 Å². The third-order valence-corrected chi connectivity index (χ3v) is 7.63. The maximum Gasteiger partial charge on any atom is 0.333 e. The molecule has 0 saturated heterocycles. The van der Waals surface area contributed by atoms with Gasteiger partial charge in [-0.25, -0.2) is 19.2 Å². The van der Waals surface area contributed by atoms with Gasteiger partial charge in [-0.2, -0.15) is 0 Å². The Kier molecular flexibility index (Phi) is 224. The fraction of sp³-hybridized carbons (Fsp3) is 0.760. The zero-order valence-electron chi connectivity index (χ0n) is 28.6. The van der Waals surface area contributed by atoms with E-state index in [0.29, 0.717) is 23.6 Å². The molecule has 2 unspecified atom stereocenters. The molecule has 436 valence electrons. The Morgan fingerprint density at radius 2 is 0.588 bits per heavy atom. The molecule has 0 amide bonds. The van der Waals surface area contributed by atoms with Crippen molar-refractivity contribution in [1.29, 1.82) is 0 Å². The zero-order chi connectivity index (χ0) is 36.4. The number of esters is 4. The van der Waals surface area contributed by atoms with Crippen molar-refractivity contribution in [2.24, 2.45) is 0 Å². The first-order valence-corrected chi connectivity index (χ1v) is 19.8. The van der Waals surface area contributed by atoms with Gasteiger partial charge in [0, 0.05) is 23.3 Å². The lowest BCUT2D eigenvalue weighted by atomic mass is 10.4. The van der Waals surface area contributed by atoms with Crippen molar-refractivity contribution in [1.82, 2.24) is 0 Å². The monoisotopic (exact) mass is 1040 g/mol. The maximum absolute atomic E-state index is 11.1. The van der Waals surface area contributed by atoms with Crippen LogP contribution in [0.3, 0.4) is 0 Å². The molecule has 0 fully saturated rings. The second-order valence-electron chi connectivity index (χ2n) is 9.38. The van der Waals surface area contributed by atoms with Crippen LogP contribution in [0.2, 0.25) is 13.1 Å². The van der Waals surface area contributed by atoms with E-state index >= 15 is 0 Å². The average molecular weight is 1050 g/mol. The van der Waals surface area contributed by atoms with E-state index in [1.807, 2.05) is 13.1 Å². The lowest BCUT2D eigenvalue weighted by molar-refractivity contribution is -0.143. The van der Waals surface area contributed by atoms with Crippen LogP contribution in [0.25, 0.3) is 0 Å². The number of hydrogen-bond donors (Lipinski definition) is 0. The Bertz CT molecular complexity index is 957. The molecule has 0 saturated carbocycles. The van der Waals surface area contributed by atoms with E-state index in [9.17, 15) is 19.2 Å². The Balaban J connectivity index is -0.0000000241. The highest BCUT2D eigenvalue weighted by atomic mass is 28.3. The molecule has 0 aliphatic rings. The first kappa shape index (κ1) is 144. The zero-order valence-corrected chi connectivity index (χ0v) is 30.9. The molecule has 2 atom stereocenters. The van der Waals surface area contributed by atoms with E-state index in [0.717, 1.165) is 12.2 Å². The van der Waals surface area contributed by atoms with Crippen LogP contribution >= 0.6 is 0 Å². The molecule has 68 heavy (non-hydrogen) atoms. The largest absolute Gasteiger partial charge is 0.460 e. The highest BCUT2D eigenvalue weighted by Crippen LogP contribution is 1.95. The summed E-state index contributed by atoms with van der Waals surface area (Å²) in [7, 11) is -3.03. The summed E-state index contributed by atoms with van der Waals surface area (Å²) in [5.41, 5.74) is 0.704. The van der Waals surface area contributed by atoms with Gasteiger partial charge < -0.3 is 56.2 Å². The fourth-order valence-electron chi connectivity index (χ4n) is 2.36. The normalized spacial score (nSPS) is 8.18. The van der Waals surface area contributed by atoms with Gasteiger partial charge in [0.25, 0.3) is 0 Å². The third kappa shape index (κ3) is 110. The minimum absolute atomic E-state index is 0. The summed E-state index contributed by atoms with van der Waals surface area (Å²) in [6, 6.07) is 0. The Hall–Kier alpha value is -3.05. The number of carbonyl (C=O) groups excluding carboxylic acids is 4. The van der Waals surface area contributed by atoms with Gasteiger partial charge in [-0.05, 0) is 26.9 Å². The molecule has 0 aliphatic carbocycles. The predicted molar refractivity (Wildman–Crippen MR) is 312 cm³/mol. The molecule has 0 radical (unpaired) electrons. The van der Waals surface area contributed by atoms with Crippen LogP contribution in [0.4, 0.5) is 0 Å². The van der Waals surface area contributed by atoms with Crippen LogP contribution in [0, 0.1) is 0 Å². The van der Waals surface area contributed by atoms with E-state index in [4.69, 9.17) is 56.2 Å². The minimum Gasteiger partial charge on any atom is -0.460 e. The lowest BCUT2D eigenvalue weighted by Crippen LogP contribution is -2.24. The van der Waals surface area contributed by atoms with E-state index in [1.54, 1.807) is 13.8 Å². The first-order chi connectivity index (χ1) is 22.9. The van der Waals surface area contributed by atoms with Crippen LogP contribution in [-0.4, -0.2) is 134 Å². The first-order valence-electron chi connectivity index (χ1n) is 14.9. The molecular formula is C50H132O16Si2. The Morgan fingerprint density at radius 1 is 0.368 bits per heavy atom. The van der Waals surface area contributed by atoms with E-state index < -0.39 is 42.0 Å². The van der Waals surface area contributed by atoms with Crippen molar-refractivity contribution in [3.63, 3.8) is 0 Å². The van der Waals surface area contributed by atoms with Crippen molar-refractivity contribution < 1.29 is 75.4 Å². The van der Waals surface area contributed by atoms with Crippen molar-refractivity contribution in [2.75, 3.05) is 92.5 Å². The van der Waals surface area contributed by atoms with Gasteiger partial charge in [0.2, 0.25) is 18.1 Å².